The van der Waals surface area contributed by atoms with Crippen molar-refractivity contribution in [2.75, 3.05) is 51.8 Å². The van der Waals surface area contributed by atoms with E-state index in [9.17, 15) is 44.1 Å². The van der Waals surface area contributed by atoms with Crippen LogP contribution in [0.4, 0.5) is 10.7 Å². The van der Waals surface area contributed by atoms with Gasteiger partial charge in [0.15, 0.2) is 5.78 Å². The topological polar surface area (TPSA) is 271 Å². The summed E-state index contributed by atoms with van der Waals surface area (Å²) in [6, 6.07) is -2.18. The van der Waals surface area contributed by atoms with Gasteiger partial charge in [0.1, 0.15) is 36.2 Å². The first-order valence-corrected chi connectivity index (χ1v) is 28.4. The quantitative estimate of drug-likeness (QED) is 0.154. The van der Waals surface area contributed by atoms with Crippen molar-refractivity contribution in [3.05, 3.63) is 65.6 Å². The van der Waals surface area contributed by atoms with Crippen molar-refractivity contribution in [3.8, 4) is 0 Å². The lowest BCUT2D eigenvalue weighted by molar-refractivity contribution is -0.265. The van der Waals surface area contributed by atoms with E-state index in [0.717, 1.165) is 16.0 Å². The molecule has 20 heteroatoms. The number of ether oxygens (including phenoxy) is 5. The van der Waals surface area contributed by atoms with Gasteiger partial charge < -0.3 is 59.4 Å². The molecule has 6 rings (SSSR count). The van der Waals surface area contributed by atoms with Crippen LogP contribution in [-0.2, 0) is 47.7 Å². The number of methoxy groups -OCH3 is 2. The monoisotopic (exact) mass is 1100 g/mol. The third-order valence-corrected chi connectivity index (χ3v) is 16.8. The van der Waals surface area contributed by atoms with Crippen molar-refractivity contribution < 1.29 is 67.8 Å². The molecule has 3 saturated heterocycles. The highest BCUT2D eigenvalue weighted by atomic mass is 16.6. The predicted octanol–water partition coefficient (Wildman–Crippen LogP) is 5.28. The highest BCUT2D eigenvalue weighted by molar-refractivity contribution is 6.39. The van der Waals surface area contributed by atoms with Crippen LogP contribution in [0.25, 0.3) is 0 Å². The number of hydrogen-bond acceptors (Lipinski definition) is 18. The van der Waals surface area contributed by atoms with Crippen LogP contribution in [0.2, 0.25) is 0 Å². The zero-order chi connectivity index (χ0) is 57.7. The van der Waals surface area contributed by atoms with E-state index in [-0.39, 0.29) is 49.6 Å². The summed E-state index contributed by atoms with van der Waals surface area (Å²) in [7, 11) is 3.11. The van der Waals surface area contributed by atoms with Crippen LogP contribution < -0.4 is 10.6 Å². The molecule has 79 heavy (non-hydrogen) atoms. The Bertz CT molecular complexity index is 2390. The molecular weight excluding hydrogens is 1020 g/mol. The molecule has 1 aromatic heterocycles. The predicted molar refractivity (Wildman–Crippen MR) is 294 cm³/mol. The Morgan fingerprint density at radius 2 is 1.53 bits per heavy atom. The van der Waals surface area contributed by atoms with Gasteiger partial charge >= 0.3 is 12.1 Å². The second-order valence-electron chi connectivity index (χ2n) is 23.0. The van der Waals surface area contributed by atoms with Crippen molar-refractivity contribution in [2.24, 2.45) is 35.3 Å². The third kappa shape index (κ3) is 16.5. The number of amides is 2. The molecule has 2 amide bonds. The lowest BCUT2D eigenvalue weighted by Crippen LogP contribution is -2.61. The molecular formula is C59H88N6O14. The molecule has 1 saturated carbocycles. The zero-order valence-electron chi connectivity index (χ0n) is 47.9. The summed E-state index contributed by atoms with van der Waals surface area (Å²) in [4.78, 5) is 98.2. The minimum Gasteiger partial charge on any atom is -0.459 e. The van der Waals surface area contributed by atoms with Crippen LogP contribution in [-0.4, -0.2) is 178 Å². The number of piperidine rings is 1. The number of nitrogens with two attached hydrogens (primary N) is 1. The highest BCUT2D eigenvalue weighted by Crippen LogP contribution is 2.38. The minimum absolute atomic E-state index is 0.0205. The van der Waals surface area contributed by atoms with Crippen LogP contribution >= 0.6 is 0 Å². The molecule has 4 aliphatic heterocycles. The number of nitrogens with zero attached hydrogens (tertiary/aromatic N) is 5. The van der Waals surface area contributed by atoms with Crippen molar-refractivity contribution in [3.63, 3.8) is 0 Å². The van der Waals surface area contributed by atoms with Crippen LogP contribution in [0, 0.1) is 36.5 Å². The van der Waals surface area contributed by atoms with Crippen molar-refractivity contribution >= 4 is 41.3 Å². The Balaban J connectivity index is 1.21. The first-order valence-electron chi connectivity index (χ1n) is 28.4. The standard InChI is InChI=1S/C59H88N6O14/c1-35-15-11-10-12-16-37(3)48(75-8)31-43-20-18-41(7)59(74,79-43)54(70)55(71)65-22-14-13-17-45(65)56(72)77-49(32-46(66)38(4)28-40(6)52(68)53(69)51(67)39(5)27-35)44(60)29-42-19-21-47(50(30-42)76-9)78-58(73)64-25-23-63(24-26-64)57-61-33-36(2)34-62-57/h10-12,15-16,28,33-35,38-39,41-45,47-50,52-53,68-69,74H,13-14,17-27,29-32,60H2,1-9H3/b12-10?,15-11+,37-16?,40-28+/t35-,38-,39-,41-,42+,43+,44-,45+,47-,48+,49+,50-,52-,53+,59-/m1/s1. The molecule has 5 N–H and O–H groups in total. The number of aliphatic hydroxyl groups is 3. The van der Waals surface area contributed by atoms with Crippen LogP contribution in [0.5, 0.6) is 0 Å². The number of rotatable bonds is 7. The molecule has 0 radical (unpaired) electrons. The van der Waals surface area contributed by atoms with E-state index in [0.29, 0.717) is 83.5 Å². The van der Waals surface area contributed by atoms with E-state index in [1.165, 1.54) is 13.0 Å². The van der Waals surface area contributed by atoms with Crippen LogP contribution in [0.1, 0.15) is 124 Å². The summed E-state index contributed by atoms with van der Waals surface area (Å²) < 4.78 is 30.2. The van der Waals surface area contributed by atoms with Crippen LogP contribution in [0.3, 0.4) is 0 Å². The Morgan fingerprint density at radius 1 is 0.823 bits per heavy atom. The van der Waals surface area contributed by atoms with Gasteiger partial charge in [0.25, 0.3) is 11.7 Å². The second kappa shape index (κ2) is 29.0. The van der Waals surface area contributed by atoms with Crippen molar-refractivity contribution in [1.82, 2.24) is 19.8 Å². The maximum absolute atomic E-state index is 14.6. The Morgan fingerprint density at radius 3 is 2.22 bits per heavy atom. The van der Waals surface area contributed by atoms with E-state index in [1.54, 1.807) is 52.3 Å². The molecule has 0 aromatic carbocycles. The number of carbonyl (C=O) groups is 6. The number of fused-ring (bicyclic) bond motifs is 3. The van der Waals surface area contributed by atoms with Gasteiger partial charge in [-0.3, -0.25) is 19.2 Å². The molecule has 0 unspecified atom stereocenters. The molecule has 20 nitrogen and oxygen atoms in total. The number of aryl methyl sites for hydroxylation is 1. The number of aliphatic hydroxyl groups excluding tert-OH is 2. The van der Waals surface area contributed by atoms with E-state index < -0.39 is 114 Å². The fraction of sp³-hybridized carbons (Fsp3) is 0.695. The fourth-order valence-electron chi connectivity index (χ4n) is 11.6. The SMILES string of the molecule is CO[C@H]1C[C@@H]2CC[C@@H](C)[C@@](O)(O2)C(=O)C(=O)N2CCCC[C@H]2C(=O)O[C@H]([C@H](N)C[C@@H]2CC[C@@H](OC(=O)N3CCN(c4ncc(C)cn4)CC3)[C@H](OC)C2)CC(=O)[C@H](C)/C=C(\C)[C@@H](O)[C@@H](O)C(=O)[C@H](C)C[C@H](C)/C=C/C=CC=C1C. The number of hydrogen-bond donors (Lipinski definition) is 4. The zero-order valence-corrected chi connectivity index (χ0v) is 47.9. The molecule has 1 aromatic rings. The first kappa shape index (κ1) is 63.0. The Hall–Kier alpha value is -5.22. The number of Topliss-reactive ketones (excluding diaryl/α,β-unsaturated/α-hetero) is 3. The number of cyclic esters (lactones) is 1. The number of esters is 1. The molecule has 5 aliphatic rings. The fourth-order valence-corrected chi connectivity index (χ4v) is 11.6. The number of aromatic nitrogens is 2. The summed E-state index contributed by atoms with van der Waals surface area (Å²) in [5.74, 6) is -8.43. The smallest absolute Gasteiger partial charge is 0.410 e. The van der Waals surface area contributed by atoms with Gasteiger partial charge in [-0.1, -0.05) is 64.2 Å². The Labute approximate surface area is 466 Å². The number of anilines is 1. The van der Waals surface area contributed by atoms with E-state index in [1.807, 2.05) is 56.1 Å². The lowest BCUT2D eigenvalue weighted by Gasteiger charge is -2.42. The minimum atomic E-state index is -2.49. The number of carbonyl (C=O) groups excluding carboxylic acids is 6. The van der Waals surface area contributed by atoms with Gasteiger partial charge in [0.2, 0.25) is 11.7 Å². The first-order chi connectivity index (χ1) is 37.5. The van der Waals surface area contributed by atoms with Gasteiger partial charge in [-0.05, 0) is 114 Å². The van der Waals surface area contributed by atoms with Gasteiger partial charge in [-0.2, -0.15) is 0 Å². The largest absolute Gasteiger partial charge is 0.459 e. The average molecular weight is 1110 g/mol. The van der Waals surface area contributed by atoms with Gasteiger partial charge in [0.05, 0.1) is 18.3 Å². The lowest BCUT2D eigenvalue weighted by atomic mass is 9.80. The van der Waals surface area contributed by atoms with Gasteiger partial charge in [0, 0.05) is 96.0 Å². The normalized spacial score (nSPS) is 35.4. The molecule has 5 heterocycles. The summed E-state index contributed by atoms with van der Waals surface area (Å²) in [6.07, 6.45) is 11.2. The maximum Gasteiger partial charge on any atom is 0.410 e. The summed E-state index contributed by atoms with van der Waals surface area (Å²) >= 11 is 0. The highest BCUT2D eigenvalue weighted by Gasteiger charge is 2.53. The third-order valence-electron chi connectivity index (χ3n) is 16.8. The van der Waals surface area contributed by atoms with E-state index >= 15 is 0 Å². The second-order valence-corrected chi connectivity index (χ2v) is 23.0. The number of piperazine rings is 1. The van der Waals surface area contributed by atoms with Crippen molar-refractivity contribution in [2.45, 2.75) is 186 Å². The molecule has 0 spiro atoms. The van der Waals surface area contributed by atoms with E-state index in [4.69, 9.17) is 29.4 Å². The molecule has 438 valence electrons. The number of ketones is 3. The molecule has 15 atom stereocenters. The maximum atomic E-state index is 14.6. The van der Waals surface area contributed by atoms with Crippen molar-refractivity contribution in [1.29, 1.82) is 0 Å². The average Bonchev–Trinajstić information content (AvgIpc) is 3.45. The summed E-state index contributed by atoms with van der Waals surface area (Å²) in [6.45, 7) is 14.2. The molecule has 1 aliphatic carbocycles. The van der Waals surface area contributed by atoms with Gasteiger partial charge in [-0.25, -0.2) is 19.6 Å². The Kier molecular flexibility index (Phi) is 23.1. The number of allylic oxidation sites excluding steroid dienone is 6. The molecule has 2 bridgehead atoms. The van der Waals surface area contributed by atoms with Gasteiger partial charge in [-0.15, -0.1) is 0 Å². The van der Waals surface area contributed by atoms with E-state index in [2.05, 4.69) is 9.97 Å². The summed E-state index contributed by atoms with van der Waals surface area (Å²) in [5, 5.41) is 34.4. The molecule has 4 fully saturated rings. The van der Waals surface area contributed by atoms with Crippen LogP contribution in [0.15, 0.2) is 60.0 Å². The summed E-state index contributed by atoms with van der Waals surface area (Å²) in [5.41, 5.74) is 8.99.